The monoisotopic (exact) mass is 273 g/mol. The fraction of sp³-hybridized carbons (Fsp3) is 0.438. The second-order valence-corrected chi connectivity index (χ2v) is 5.75. The average molecular weight is 273 g/mol. The summed E-state index contributed by atoms with van der Waals surface area (Å²) in [6.07, 6.45) is 5.50. The van der Waals surface area contributed by atoms with Crippen LogP contribution in [-0.2, 0) is 6.54 Å². The van der Waals surface area contributed by atoms with Crippen LogP contribution in [0.25, 0.3) is 5.69 Å². The standard InChI is InChI=1S/C16H23N3O/c1-4-18(12-16(2,3)20)11-14-5-7-15(8-6-14)19-10-9-17-13-19/h5-10,13,20H,4,11-12H2,1-3H3. The van der Waals surface area contributed by atoms with E-state index in [-0.39, 0.29) is 0 Å². The Morgan fingerprint density at radius 3 is 2.45 bits per heavy atom. The van der Waals surface area contributed by atoms with Gasteiger partial charge in [-0.1, -0.05) is 19.1 Å². The molecule has 20 heavy (non-hydrogen) atoms. The fourth-order valence-corrected chi connectivity index (χ4v) is 2.27. The van der Waals surface area contributed by atoms with Crippen molar-refractivity contribution in [1.29, 1.82) is 0 Å². The number of aromatic nitrogens is 2. The number of hydrogen-bond acceptors (Lipinski definition) is 3. The number of aliphatic hydroxyl groups is 1. The number of benzene rings is 1. The van der Waals surface area contributed by atoms with Gasteiger partial charge in [0, 0.05) is 31.2 Å². The Labute approximate surface area is 120 Å². The Hall–Kier alpha value is -1.65. The molecule has 0 aliphatic carbocycles. The third-order valence-corrected chi connectivity index (χ3v) is 3.20. The predicted molar refractivity (Wildman–Crippen MR) is 80.8 cm³/mol. The van der Waals surface area contributed by atoms with Crippen molar-refractivity contribution in [3.63, 3.8) is 0 Å². The topological polar surface area (TPSA) is 41.3 Å². The summed E-state index contributed by atoms with van der Waals surface area (Å²) < 4.78 is 1.98. The summed E-state index contributed by atoms with van der Waals surface area (Å²) in [6.45, 7) is 8.26. The Bertz CT molecular complexity index is 512. The van der Waals surface area contributed by atoms with Crippen molar-refractivity contribution in [1.82, 2.24) is 14.5 Å². The van der Waals surface area contributed by atoms with Gasteiger partial charge >= 0.3 is 0 Å². The van der Waals surface area contributed by atoms with Gasteiger partial charge in [-0.25, -0.2) is 4.98 Å². The summed E-state index contributed by atoms with van der Waals surface area (Å²) >= 11 is 0. The first kappa shape index (κ1) is 14.8. The molecule has 1 heterocycles. The van der Waals surface area contributed by atoms with E-state index < -0.39 is 5.60 Å². The Balaban J connectivity index is 2.03. The number of nitrogens with zero attached hydrogens (tertiary/aromatic N) is 3. The predicted octanol–water partition coefficient (Wildman–Crippen LogP) is 2.47. The number of rotatable bonds is 6. The van der Waals surface area contributed by atoms with E-state index in [1.165, 1.54) is 5.56 Å². The molecule has 0 spiro atoms. The van der Waals surface area contributed by atoms with Crippen LogP contribution in [0.15, 0.2) is 43.0 Å². The van der Waals surface area contributed by atoms with Crippen LogP contribution in [0.4, 0.5) is 0 Å². The summed E-state index contributed by atoms with van der Waals surface area (Å²) in [5.74, 6) is 0. The van der Waals surface area contributed by atoms with Gasteiger partial charge in [-0.15, -0.1) is 0 Å². The zero-order valence-corrected chi connectivity index (χ0v) is 12.5. The smallest absolute Gasteiger partial charge is 0.0991 e. The highest BCUT2D eigenvalue weighted by atomic mass is 16.3. The molecular formula is C16H23N3O. The van der Waals surface area contributed by atoms with Gasteiger partial charge in [0.05, 0.1) is 11.9 Å². The molecule has 0 aliphatic heterocycles. The van der Waals surface area contributed by atoms with E-state index in [1.807, 2.05) is 24.6 Å². The van der Waals surface area contributed by atoms with E-state index >= 15 is 0 Å². The van der Waals surface area contributed by atoms with E-state index in [0.717, 1.165) is 18.8 Å². The van der Waals surface area contributed by atoms with Gasteiger partial charge in [0.15, 0.2) is 0 Å². The maximum Gasteiger partial charge on any atom is 0.0991 e. The van der Waals surface area contributed by atoms with E-state index in [9.17, 15) is 5.11 Å². The van der Waals surface area contributed by atoms with Gasteiger partial charge in [0.1, 0.15) is 0 Å². The van der Waals surface area contributed by atoms with E-state index in [0.29, 0.717) is 6.54 Å². The molecule has 0 radical (unpaired) electrons. The highest BCUT2D eigenvalue weighted by molar-refractivity contribution is 5.34. The van der Waals surface area contributed by atoms with Crippen molar-refractivity contribution in [2.45, 2.75) is 32.9 Å². The average Bonchev–Trinajstić information content (AvgIpc) is 2.91. The number of imidazole rings is 1. The van der Waals surface area contributed by atoms with Crippen LogP contribution in [0, 0.1) is 0 Å². The van der Waals surface area contributed by atoms with Gasteiger partial charge in [0.25, 0.3) is 0 Å². The van der Waals surface area contributed by atoms with Crippen LogP contribution < -0.4 is 0 Å². The van der Waals surface area contributed by atoms with Gasteiger partial charge in [-0.05, 0) is 38.1 Å². The first-order chi connectivity index (χ1) is 9.48. The minimum absolute atomic E-state index is 0.660. The van der Waals surface area contributed by atoms with Crippen molar-refractivity contribution in [2.24, 2.45) is 0 Å². The summed E-state index contributed by atoms with van der Waals surface area (Å²) in [4.78, 5) is 6.29. The quantitative estimate of drug-likeness (QED) is 0.879. The van der Waals surface area contributed by atoms with Crippen LogP contribution in [0.5, 0.6) is 0 Å². The lowest BCUT2D eigenvalue weighted by Crippen LogP contribution is -2.38. The summed E-state index contributed by atoms with van der Waals surface area (Å²) in [5.41, 5.74) is 1.70. The third kappa shape index (κ3) is 4.18. The Morgan fingerprint density at radius 1 is 1.25 bits per heavy atom. The lowest BCUT2D eigenvalue weighted by atomic mass is 10.1. The summed E-state index contributed by atoms with van der Waals surface area (Å²) in [5, 5.41) is 9.91. The molecule has 0 atom stereocenters. The number of hydrogen-bond donors (Lipinski definition) is 1. The van der Waals surface area contributed by atoms with Crippen molar-refractivity contribution in [3.05, 3.63) is 48.5 Å². The van der Waals surface area contributed by atoms with Gasteiger partial charge < -0.3 is 9.67 Å². The van der Waals surface area contributed by atoms with Crippen molar-refractivity contribution >= 4 is 0 Å². The molecule has 4 nitrogen and oxygen atoms in total. The van der Waals surface area contributed by atoms with E-state index in [1.54, 1.807) is 12.5 Å². The molecule has 0 bridgehead atoms. The van der Waals surface area contributed by atoms with Crippen LogP contribution in [0.3, 0.4) is 0 Å². The Morgan fingerprint density at radius 2 is 1.95 bits per heavy atom. The Kier molecular flexibility index (Phi) is 4.57. The van der Waals surface area contributed by atoms with E-state index in [4.69, 9.17) is 0 Å². The maximum atomic E-state index is 9.91. The third-order valence-electron chi connectivity index (χ3n) is 3.20. The molecule has 2 rings (SSSR count). The van der Waals surface area contributed by atoms with Crippen molar-refractivity contribution in [2.75, 3.05) is 13.1 Å². The second kappa shape index (κ2) is 6.20. The second-order valence-electron chi connectivity index (χ2n) is 5.75. The van der Waals surface area contributed by atoms with Gasteiger partial charge in [0.2, 0.25) is 0 Å². The maximum absolute atomic E-state index is 9.91. The molecule has 0 fully saturated rings. The molecule has 0 saturated carbocycles. The summed E-state index contributed by atoms with van der Waals surface area (Å²) in [6, 6.07) is 8.44. The molecule has 108 valence electrons. The molecule has 1 aromatic carbocycles. The molecular weight excluding hydrogens is 250 g/mol. The van der Waals surface area contributed by atoms with Crippen LogP contribution in [-0.4, -0.2) is 38.2 Å². The van der Waals surface area contributed by atoms with Gasteiger partial charge in [-0.2, -0.15) is 0 Å². The largest absolute Gasteiger partial charge is 0.389 e. The van der Waals surface area contributed by atoms with Crippen LogP contribution in [0.1, 0.15) is 26.3 Å². The molecule has 4 heteroatoms. The van der Waals surface area contributed by atoms with E-state index in [2.05, 4.69) is 41.1 Å². The zero-order valence-electron chi connectivity index (χ0n) is 12.5. The molecule has 1 N–H and O–H groups in total. The first-order valence-corrected chi connectivity index (χ1v) is 7.00. The van der Waals surface area contributed by atoms with Crippen LogP contribution in [0.2, 0.25) is 0 Å². The SMILES string of the molecule is CCN(Cc1ccc(-n2ccnc2)cc1)CC(C)(C)O. The highest BCUT2D eigenvalue weighted by Crippen LogP contribution is 2.13. The molecule has 0 aliphatic rings. The number of likely N-dealkylation sites (N-methyl/N-ethyl adjacent to an activating group) is 1. The van der Waals surface area contributed by atoms with Gasteiger partial charge in [-0.3, -0.25) is 4.90 Å². The molecule has 0 saturated heterocycles. The minimum Gasteiger partial charge on any atom is -0.389 e. The molecule has 0 amide bonds. The first-order valence-electron chi connectivity index (χ1n) is 7.00. The lowest BCUT2D eigenvalue weighted by molar-refractivity contribution is 0.0353. The molecule has 0 unspecified atom stereocenters. The fourth-order valence-electron chi connectivity index (χ4n) is 2.27. The highest BCUT2D eigenvalue weighted by Gasteiger charge is 2.17. The normalized spacial score (nSPS) is 12.1. The lowest BCUT2D eigenvalue weighted by Gasteiger charge is -2.28. The molecule has 2 aromatic rings. The summed E-state index contributed by atoms with van der Waals surface area (Å²) in [7, 11) is 0. The van der Waals surface area contributed by atoms with Crippen LogP contribution >= 0.6 is 0 Å². The molecule has 1 aromatic heterocycles. The van der Waals surface area contributed by atoms with Crippen molar-refractivity contribution in [3.8, 4) is 5.69 Å². The van der Waals surface area contributed by atoms with Crippen molar-refractivity contribution < 1.29 is 5.11 Å². The zero-order chi connectivity index (χ0) is 14.6. The minimum atomic E-state index is -0.660.